The van der Waals surface area contributed by atoms with E-state index in [1.54, 1.807) is 0 Å². The molecule has 2 heterocycles. The van der Waals surface area contributed by atoms with Crippen molar-refractivity contribution in [2.75, 3.05) is 31.7 Å². The fraction of sp³-hybridized carbons (Fsp3) is 0.409. The third kappa shape index (κ3) is 3.92. The SMILES string of the molecule is CCOc1ccc2c(c1)CN(C(C)C(=O)Nc1ccc3c(c1)OCCO3)CC2. The second-order valence-corrected chi connectivity index (χ2v) is 7.11. The van der Waals surface area contributed by atoms with E-state index in [0.717, 1.165) is 36.7 Å². The minimum Gasteiger partial charge on any atom is -0.494 e. The van der Waals surface area contributed by atoms with E-state index < -0.39 is 0 Å². The minimum atomic E-state index is -0.239. The standard InChI is InChI=1S/C22H26N2O4/c1-3-26-19-6-4-16-8-9-24(14-17(16)12-19)15(2)22(25)23-18-5-7-20-21(13-18)28-11-10-27-20/h4-7,12-13,15H,3,8-11,14H2,1-2H3,(H,23,25). The van der Waals surface area contributed by atoms with Crippen molar-refractivity contribution >= 4 is 11.6 Å². The highest BCUT2D eigenvalue weighted by molar-refractivity contribution is 5.94. The number of hydrogen-bond donors (Lipinski definition) is 1. The summed E-state index contributed by atoms with van der Waals surface area (Å²) < 4.78 is 16.7. The Morgan fingerprint density at radius 3 is 2.79 bits per heavy atom. The van der Waals surface area contributed by atoms with Gasteiger partial charge in [-0.25, -0.2) is 0 Å². The molecule has 148 valence electrons. The first kappa shape index (κ1) is 18.6. The fourth-order valence-electron chi connectivity index (χ4n) is 3.68. The lowest BCUT2D eigenvalue weighted by Crippen LogP contribution is -2.44. The molecule has 1 amide bonds. The van der Waals surface area contributed by atoms with Gasteiger partial charge in [0.15, 0.2) is 11.5 Å². The van der Waals surface area contributed by atoms with Crippen molar-refractivity contribution < 1.29 is 19.0 Å². The highest BCUT2D eigenvalue weighted by Crippen LogP contribution is 2.33. The zero-order valence-corrected chi connectivity index (χ0v) is 16.4. The maximum atomic E-state index is 12.8. The van der Waals surface area contributed by atoms with Gasteiger partial charge in [-0.3, -0.25) is 9.69 Å². The Labute approximate surface area is 165 Å². The first-order valence-corrected chi connectivity index (χ1v) is 9.83. The molecule has 2 aliphatic rings. The van der Waals surface area contributed by atoms with Gasteiger partial charge in [-0.15, -0.1) is 0 Å². The third-order valence-corrected chi connectivity index (χ3v) is 5.27. The van der Waals surface area contributed by atoms with Crippen LogP contribution in [0.2, 0.25) is 0 Å². The van der Waals surface area contributed by atoms with Crippen molar-refractivity contribution in [2.24, 2.45) is 0 Å². The molecule has 0 saturated carbocycles. The molecule has 0 bridgehead atoms. The van der Waals surface area contributed by atoms with Crippen LogP contribution < -0.4 is 19.5 Å². The maximum Gasteiger partial charge on any atom is 0.241 e. The molecule has 0 spiro atoms. The van der Waals surface area contributed by atoms with Crippen LogP contribution in [-0.4, -0.2) is 43.2 Å². The van der Waals surface area contributed by atoms with Crippen molar-refractivity contribution in [3.05, 3.63) is 47.5 Å². The van der Waals surface area contributed by atoms with Gasteiger partial charge in [0, 0.05) is 24.8 Å². The Morgan fingerprint density at radius 2 is 1.96 bits per heavy atom. The van der Waals surface area contributed by atoms with Gasteiger partial charge >= 0.3 is 0 Å². The number of nitrogens with zero attached hydrogens (tertiary/aromatic N) is 1. The van der Waals surface area contributed by atoms with Crippen LogP contribution in [0.4, 0.5) is 5.69 Å². The minimum absolute atomic E-state index is 0.0268. The topological polar surface area (TPSA) is 60.0 Å². The van der Waals surface area contributed by atoms with Crippen LogP contribution in [0.15, 0.2) is 36.4 Å². The van der Waals surface area contributed by atoms with E-state index in [1.165, 1.54) is 11.1 Å². The molecule has 0 fully saturated rings. The summed E-state index contributed by atoms with van der Waals surface area (Å²) in [5.41, 5.74) is 3.28. The summed E-state index contributed by atoms with van der Waals surface area (Å²) in [4.78, 5) is 15.0. The second-order valence-electron chi connectivity index (χ2n) is 7.11. The summed E-state index contributed by atoms with van der Waals surface area (Å²) in [5, 5.41) is 3.00. The number of hydrogen-bond acceptors (Lipinski definition) is 5. The van der Waals surface area contributed by atoms with Gasteiger partial charge in [0.25, 0.3) is 0 Å². The molecule has 0 saturated heterocycles. The van der Waals surface area contributed by atoms with Gasteiger partial charge in [-0.2, -0.15) is 0 Å². The highest BCUT2D eigenvalue weighted by Gasteiger charge is 2.26. The normalized spacial score (nSPS) is 16.8. The first-order valence-electron chi connectivity index (χ1n) is 9.83. The molecule has 0 aromatic heterocycles. The van der Waals surface area contributed by atoms with E-state index >= 15 is 0 Å². The summed E-state index contributed by atoms with van der Waals surface area (Å²) in [7, 11) is 0. The summed E-state index contributed by atoms with van der Waals surface area (Å²) in [6, 6.07) is 11.5. The van der Waals surface area contributed by atoms with Crippen LogP contribution in [0.25, 0.3) is 0 Å². The quantitative estimate of drug-likeness (QED) is 0.860. The molecule has 6 nitrogen and oxygen atoms in total. The predicted molar refractivity (Wildman–Crippen MR) is 107 cm³/mol. The molecule has 2 aliphatic heterocycles. The zero-order valence-electron chi connectivity index (χ0n) is 16.4. The number of fused-ring (bicyclic) bond motifs is 2. The van der Waals surface area contributed by atoms with Gasteiger partial charge < -0.3 is 19.5 Å². The number of ether oxygens (including phenoxy) is 3. The van der Waals surface area contributed by atoms with Gasteiger partial charge in [-0.05, 0) is 55.7 Å². The molecule has 2 aromatic rings. The lowest BCUT2D eigenvalue weighted by atomic mass is 9.98. The summed E-state index contributed by atoms with van der Waals surface area (Å²) >= 11 is 0. The molecule has 2 aromatic carbocycles. The number of amides is 1. The van der Waals surface area contributed by atoms with E-state index in [0.29, 0.717) is 25.6 Å². The largest absolute Gasteiger partial charge is 0.494 e. The monoisotopic (exact) mass is 382 g/mol. The van der Waals surface area contributed by atoms with Crippen LogP contribution in [0.3, 0.4) is 0 Å². The van der Waals surface area contributed by atoms with Crippen molar-refractivity contribution in [1.29, 1.82) is 0 Å². The van der Waals surface area contributed by atoms with Crippen LogP contribution >= 0.6 is 0 Å². The van der Waals surface area contributed by atoms with Crippen LogP contribution in [0.5, 0.6) is 17.2 Å². The van der Waals surface area contributed by atoms with E-state index in [2.05, 4.69) is 22.3 Å². The zero-order chi connectivity index (χ0) is 19.5. The average molecular weight is 382 g/mol. The predicted octanol–water partition coefficient (Wildman–Crippen LogP) is 3.24. The van der Waals surface area contributed by atoms with Crippen molar-refractivity contribution in [2.45, 2.75) is 32.9 Å². The van der Waals surface area contributed by atoms with Crippen LogP contribution in [0.1, 0.15) is 25.0 Å². The molecule has 1 atom stereocenters. The molecule has 1 N–H and O–H groups in total. The molecule has 0 aliphatic carbocycles. The van der Waals surface area contributed by atoms with E-state index in [-0.39, 0.29) is 11.9 Å². The molecule has 1 unspecified atom stereocenters. The average Bonchev–Trinajstić information content (AvgIpc) is 2.73. The Balaban J connectivity index is 1.42. The summed E-state index contributed by atoms with van der Waals surface area (Å²) in [6.07, 6.45) is 0.934. The molecule has 0 radical (unpaired) electrons. The molecule has 28 heavy (non-hydrogen) atoms. The molecular formula is C22H26N2O4. The number of carbonyl (C=O) groups is 1. The first-order chi connectivity index (χ1) is 13.6. The Kier molecular flexibility index (Phi) is 5.39. The molecule has 4 rings (SSSR count). The van der Waals surface area contributed by atoms with E-state index in [9.17, 15) is 4.79 Å². The lowest BCUT2D eigenvalue weighted by molar-refractivity contribution is -0.121. The Hall–Kier alpha value is -2.73. The van der Waals surface area contributed by atoms with E-state index in [4.69, 9.17) is 14.2 Å². The van der Waals surface area contributed by atoms with Gasteiger partial charge in [0.05, 0.1) is 12.6 Å². The van der Waals surface area contributed by atoms with Crippen molar-refractivity contribution in [3.63, 3.8) is 0 Å². The van der Waals surface area contributed by atoms with Crippen molar-refractivity contribution in [1.82, 2.24) is 4.90 Å². The lowest BCUT2D eigenvalue weighted by Gasteiger charge is -2.33. The summed E-state index contributed by atoms with van der Waals surface area (Å²) in [5.74, 6) is 2.25. The van der Waals surface area contributed by atoms with Gasteiger partial charge in [-0.1, -0.05) is 6.07 Å². The smallest absolute Gasteiger partial charge is 0.241 e. The van der Waals surface area contributed by atoms with Crippen LogP contribution in [-0.2, 0) is 17.8 Å². The molecule has 6 heteroatoms. The number of benzene rings is 2. The summed E-state index contributed by atoms with van der Waals surface area (Å²) in [6.45, 7) is 7.26. The number of nitrogens with one attached hydrogen (secondary N) is 1. The number of rotatable bonds is 5. The van der Waals surface area contributed by atoms with Crippen LogP contribution in [0, 0.1) is 0 Å². The van der Waals surface area contributed by atoms with E-state index in [1.807, 2.05) is 38.1 Å². The van der Waals surface area contributed by atoms with Gasteiger partial charge in [0.1, 0.15) is 19.0 Å². The third-order valence-electron chi connectivity index (χ3n) is 5.27. The Bertz CT molecular complexity index is 868. The number of carbonyl (C=O) groups excluding carboxylic acids is 1. The highest BCUT2D eigenvalue weighted by atomic mass is 16.6. The number of anilines is 1. The second kappa shape index (κ2) is 8.10. The Morgan fingerprint density at radius 1 is 1.14 bits per heavy atom. The maximum absolute atomic E-state index is 12.8. The van der Waals surface area contributed by atoms with Crippen molar-refractivity contribution in [3.8, 4) is 17.2 Å². The fourth-order valence-corrected chi connectivity index (χ4v) is 3.68. The molecular weight excluding hydrogens is 356 g/mol. The van der Waals surface area contributed by atoms with Gasteiger partial charge in [0.2, 0.25) is 5.91 Å².